The summed E-state index contributed by atoms with van der Waals surface area (Å²) < 4.78 is 69.0. The van der Waals surface area contributed by atoms with E-state index in [-0.39, 0.29) is 27.8 Å². The van der Waals surface area contributed by atoms with Gasteiger partial charge in [0.1, 0.15) is 16.8 Å². The van der Waals surface area contributed by atoms with Crippen molar-refractivity contribution in [1.29, 1.82) is 0 Å². The molecule has 1 aliphatic rings. The van der Waals surface area contributed by atoms with Gasteiger partial charge in [0.15, 0.2) is 5.82 Å². The molecule has 1 aromatic carbocycles. The number of ether oxygens (including phenoxy) is 1. The van der Waals surface area contributed by atoms with E-state index in [1.807, 2.05) is 0 Å². The number of urea groups is 1. The second kappa shape index (κ2) is 7.58. The van der Waals surface area contributed by atoms with Crippen LogP contribution in [0.4, 0.5) is 29.5 Å². The first-order valence-corrected chi connectivity index (χ1v) is 10.7. The van der Waals surface area contributed by atoms with Crippen LogP contribution < -0.4 is 9.64 Å². The number of benzene rings is 1. The lowest BCUT2D eigenvalue weighted by atomic mass is 10.1. The molecule has 0 fully saturated rings. The number of carbonyl (C=O) groups is 1. The van der Waals surface area contributed by atoms with E-state index in [4.69, 9.17) is 16.3 Å². The SMILES string of the molecule is COc1cccc(N2C(=O)N([C@@H](C)C(F)(F)F)Cc3cnc(S(C)(=O)=O)nc32)c1Cl. The Morgan fingerprint density at radius 3 is 2.53 bits per heavy atom. The van der Waals surface area contributed by atoms with Crippen molar-refractivity contribution in [3.63, 3.8) is 0 Å². The molecule has 0 radical (unpaired) electrons. The summed E-state index contributed by atoms with van der Waals surface area (Å²) in [5.41, 5.74) is 0.108. The molecular formula is C17H16ClF3N4O4S. The molecule has 162 valence electrons. The summed E-state index contributed by atoms with van der Waals surface area (Å²) in [6.45, 7) is 0.386. The van der Waals surface area contributed by atoms with E-state index in [0.717, 1.165) is 24.3 Å². The molecule has 1 atom stereocenters. The Bertz CT molecular complexity index is 1110. The van der Waals surface area contributed by atoms with Gasteiger partial charge >= 0.3 is 12.2 Å². The minimum Gasteiger partial charge on any atom is -0.495 e. The number of rotatable bonds is 4. The van der Waals surface area contributed by atoms with Gasteiger partial charge in [-0.1, -0.05) is 17.7 Å². The Hall–Kier alpha value is -2.60. The van der Waals surface area contributed by atoms with Crippen molar-refractivity contribution in [2.75, 3.05) is 18.3 Å². The molecule has 0 N–H and O–H groups in total. The van der Waals surface area contributed by atoms with Crippen molar-refractivity contribution >= 4 is 39.0 Å². The normalized spacial score (nSPS) is 15.8. The van der Waals surface area contributed by atoms with Gasteiger partial charge in [-0.05, 0) is 19.1 Å². The van der Waals surface area contributed by atoms with Gasteiger partial charge < -0.3 is 9.64 Å². The Balaban J connectivity index is 2.26. The monoisotopic (exact) mass is 464 g/mol. The molecule has 0 unspecified atom stereocenters. The summed E-state index contributed by atoms with van der Waals surface area (Å²) in [6.07, 6.45) is -2.73. The van der Waals surface area contributed by atoms with E-state index in [2.05, 4.69) is 9.97 Å². The summed E-state index contributed by atoms with van der Waals surface area (Å²) in [7, 11) is -2.51. The number of nitrogens with zero attached hydrogens (tertiary/aromatic N) is 4. The molecule has 0 aliphatic carbocycles. The van der Waals surface area contributed by atoms with Gasteiger partial charge in [0.25, 0.3) is 0 Å². The minimum atomic E-state index is -4.69. The number of hydrogen-bond acceptors (Lipinski definition) is 6. The lowest BCUT2D eigenvalue weighted by Crippen LogP contribution is -2.53. The van der Waals surface area contributed by atoms with Crippen molar-refractivity contribution in [1.82, 2.24) is 14.9 Å². The summed E-state index contributed by atoms with van der Waals surface area (Å²) in [5, 5.41) is -0.629. The Kier molecular flexibility index (Phi) is 5.58. The Morgan fingerprint density at radius 1 is 1.30 bits per heavy atom. The Morgan fingerprint density at radius 2 is 1.97 bits per heavy atom. The third kappa shape index (κ3) is 3.88. The molecule has 8 nitrogen and oxygen atoms in total. The fourth-order valence-electron chi connectivity index (χ4n) is 2.86. The van der Waals surface area contributed by atoms with Gasteiger partial charge in [0, 0.05) is 18.0 Å². The highest BCUT2D eigenvalue weighted by atomic mass is 35.5. The molecule has 0 saturated carbocycles. The number of sulfone groups is 1. The largest absolute Gasteiger partial charge is 0.495 e. The number of anilines is 2. The number of alkyl halides is 3. The second-order valence-electron chi connectivity index (χ2n) is 6.53. The highest BCUT2D eigenvalue weighted by molar-refractivity contribution is 7.90. The zero-order valence-corrected chi connectivity index (χ0v) is 17.5. The molecular weight excluding hydrogens is 449 g/mol. The molecule has 2 heterocycles. The van der Waals surface area contributed by atoms with E-state index in [1.54, 1.807) is 0 Å². The van der Waals surface area contributed by atoms with E-state index in [9.17, 15) is 26.4 Å². The zero-order chi connectivity index (χ0) is 22.4. The number of aromatic nitrogens is 2. The first-order chi connectivity index (χ1) is 13.9. The van der Waals surface area contributed by atoms with E-state index < -0.39 is 39.8 Å². The van der Waals surface area contributed by atoms with Gasteiger partial charge in [-0.3, -0.25) is 0 Å². The molecule has 0 bridgehead atoms. The summed E-state index contributed by atoms with van der Waals surface area (Å²) >= 11 is 6.30. The standard InChI is InChI=1S/C17H16ClF3N4O4S/c1-9(17(19,20)21)24-8-10-7-22-15(30(3,27)28)23-14(10)25(16(24)26)11-5-4-6-12(29-2)13(11)18/h4-7,9H,8H2,1-3H3/t9-/m0/s1. The topological polar surface area (TPSA) is 92.7 Å². The van der Waals surface area contributed by atoms with Crippen LogP contribution in [-0.2, 0) is 16.4 Å². The summed E-state index contributed by atoms with van der Waals surface area (Å²) in [6, 6.07) is 1.17. The maximum Gasteiger partial charge on any atom is 0.408 e. The number of methoxy groups -OCH3 is 1. The van der Waals surface area contributed by atoms with Crippen LogP contribution in [0.3, 0.4) is 0 Å². The zero-order valence-electron chi connectivity index (χ0n) is 15.9. The first kappa shape index (κ1) is 22.1. The van der Waals surface area contributed by atoms with Crippen molar-refractivity contribution in [2.24, 2.45) is 0 Å². The van der Waals surface area contributed by atoms with Gasteiger partial charge in [0.2, 0.25) is 15.0 Å². The van der Waals surface area contributed by atoms with Crippen molar-refractivity contribution in [3.8, 4) is 5.75 Å². The van der Waals surface area contributed by atoms with Gasteiger partial charge in [-0.15, -0.1) is 0 Å². The predicted molar refractivity (Wildman–Crippen MR) is 102 cm³/mol. The summed E-state index contributed by atoms with van der Waals surface area (Å²) in [5.74, 6) is -0.00175. The van der Waals surface area contributed by atoms with Crippen LogP contribution in [0, 0.1) is 0 Å². The van der Waals surface area contributed by atoms with Gasteiger partial charge in [-0.25, -0.2) is 23.1 Å². The average Bonchev–Trinajstić information content (AvgIpc) is 2.66. The molecule has 0 spiro atoms. The quantitative estimate of drug-likeness (QED) is 0.642. The van der Waals surface area contributed by atoms with E-state index in [0.29, 0.717) is 4.90 Å². The number of fused-ring (bicyclic) bond motifs is 1. The molecule has 3 rings (SSSR count). The van der Waals surface area contributed by atoms with Crippen LogP contribution >= 0.6 is 11.6 Å². The van der Waals surface area contributed by atoms with Crippen molar-refractivity contribution in [2.45, 2.75) is 30.8 Å². The smallest absolute Gasteiger partial charge is 0.408 e. The number of hydrogen-bond donors (Lipinski definition) is 0. The maximum atomic E-state index is 13.4. The minimum absolute atomic E-state index is 0.0144. The van der Waals surface area contributed by atoms with Crippen molar-refractivity contribution in [3.05, 3.63) is 35.0 Å². The third-order valence-electron chi connectivity index (χ3n) is 4.49. The molecule has 0 saturated heterocycles. The van der Waals surface area contributed by atoms with Crippen LogP contribution in [0.1, 0.15) is 12.5 Å². The van der Waals surface area contributed by atoms with E-state index >= 15 is 0 Å². The summed E-state index contributed by atoms with van der Waals surface area (Å²) in [4.78, 5) is 22.2. The van der Waals surface area contributed by atoms with E-state index in [1.165, 1.54) is 25.3 Å². The van der Waals surface area contributed by atoms with Crippen LogP contribution in [0.5, 0.6) is 5.75 Å². The van der Waals surface area contributed by atoms with Crippen LogP contribution in [0.25, 0.3) is 0 Å². The van der Waals surface area contributed by atoms with Crippen LogP contribution in [-0.4, -0.2) is 54.9 Å². The molecule has 1 aliphatic heterocycles. The predicted octanol–water partition coefficient (Wildman–Crippen LogP) is 3.57. The maximum absolute atomic E-state index is 13.4. The molecule has 1 aromatic heterocycles. The second-order valence-corrected chi connectivity index (χ2v) is 8.82. The molecule has 2 aromatic rings. The fourth-order valence-corrected chi connectivity index (χ4v) is 3.65. The number of carbonyl (C=O) groups excluding carboxylic acids is 1. The molecule has 30 heavy (non-hydrogen) atoms. The lowest BCUT2D eigenvalue weighted by molar-refractivity contribution is -0.172. The highest BCUT2D eigenvalue weighted by Crippen LogP contribution is 2.42. The van der Waals surface area contributed by atoms with Gasteiger partial charge in [-0.2, -0.15) is 18.2 Å². The highest BCUT2D eigenvalue weighted by Gasteiger charge is 2.46. The Labute approximate surface area is 175 Å². The number of halogens is 4. The number of amides is 2. The third-order valence-corrected chi connectivity index (χ3v) is 5.73. The first-order valence-electron chi connectivity index (χ1n) is 8.42. The lowest BCUT2D eigenvalue weighted by Gasteiger charge is -2.39. The van der Waals surface area contributed by atoms with Gasteiger partial charge in [0.05, 0.1) is 19.3 Å². The average molecular weight is 465 g/mol. The molecule has 13 heteroatoms. The van der Waals surface area contributed by atoms with Crippen LogP contribution in [0.2, 0.25) is 5.02 Å². The van der Waals surface area contributed by atoms with Crippen LogP contribution in [0.15, 0.2) is 29.6 Å². The molecule has 2 amide bonds. The fraction of sp³-hybridized carbons (Fsp3) is 0.353. The van der Waals surface area contributed by atoms with Crippen molar-refractivity contribution < 1.29 is 31.1 Å².